The normalized spacial score (nSPS) is 19.5. The zero-order valence-corrected chi connectivity index (χ0v) is 14.4. The van der Waals surface area contributed by atoms with E-state index < -0.39 is 0 Å². The molecule has 3 rings (SSSR count). The van der Waals surface area contributed by atoms with Gasteiger partial charge in [-0.2, -0.15) is 0 Å². The van der Waals surface area contributed by atoms with Crippen LogP contribution >= 0.6 is 0 Å². The maximum Gasteiger partial charge on any atom is 0.217 e. The molecule has 2 heterocycles. The molecule has 2 N–H and O–H groups in total. The lowest BCUT2D eigenvalue weighted by Gasteiger charge is -2.26. The molecular weight excluding hydrogens is 286 g/mol. The van der Waals surface area contributed by atoms with Gasteiger partial charge in [0.1, 0.15) is 0 Å². The van der Waals surface area contributed by atoms with Gasteiger partial charge in [0.15, 0.2) is 0 Å². The molecule has 0 aliphatic carbocycles. The van der Waals surface area contributed by atoms with Gasteiger partial charge in [-0.3, -0.25) is 9.69 Å². The average Bonchev–Trinajstić information content (AvgIpc) is 2.58. The minimum absolute atomic E-state index is 0.0897. The van der Waals surface area contributed by atoms with Crippen molar-refractivity contribution in [2.75, 3.05) is 26.2 Å². The molecule has 0 atom stereocenters. The molecule has 1 aromatic carbocycles. The number of hydrogen-bond donors (Lipinski definition) is 2. The highest BCUT2D eigenvalue weighted by molar-refractivity contribution is 5.73. The number of nitrogens with one attached hydrogen (secondary N) is 2. The highest BCUT2D eigenvalue weighted by Crippen LogP contribution is 2.12. The zero-order chi connectivity index (χ0) is 16.3. The minimum Gasteiger partial charge on any atom is -0.354 e. The van der Waals surface area contributed by atoms with Gasteiger partial charge in [0.25, 0.3) is 0 Å². The van der Waals surface area contributed by atoms with Crippen LogP contribution in [0.2, 0.25) is 0 Å². The summed E-state index contributed by atoms with van der Waals surface area (Å²) < 4.78 is 0. The minimum atomic E-state index is 0.0897. The van der Waals surface area contributed by atoms with Crippen LogP contribution < -0.4 is 10.6 Å². The van der Waals surface area contributed by atoms with E-state index in [4.69, 9.17) is 0 Å². The lowest BCUT2D eigenvalue weighted by Crippen LogP contribution is -2.41. The number of piperidine rings is 2. The van der Waals surface area contributed by atoms with Gasteiger partial charge in [-0.1, -0.05) is 36.8 Å². The highest BCUT2D eigenvalue weighted by Gasteiger charge is 2.12. The molecule has 2 fully saturated rings. The average molecular weight is 317 g/mol. The monoisotopic (exact) mass is 317 g/mol. The standard InChI is InChI=1S/C12H17N.C7H14N2O/c1-3-7-12(8-4-1)11-13-9-5-2-6-10-13;1-6(10)9-7-2-4-8-5-3-7/h1,3-4,7-8H,2,5-6,9-11H2;7-8H,2-5H2,1H3,(H,9,10). The fraction of sp³-hybridized carbons (Fsp3) is 0.632. The molecule has 128 valence electrons. The smallest absolute Gasteiger partial charge is 0.217 e. The van der Waals surface area contributed by atoms with E-state index in [1.165, 1.54) is 37.9 Å². The zero-order valence-electron chi connectivity index (χ0n) is 14.4. The number of nitrogens with zero attached hydrogens (tertiary/aromatic N) is 1. The van der Waals surface area contributed by atoms with Crippen LogP contribution in [0, 0.1) is 0 Å². The molecule has 0 bridgehead atoms. The number of carbonyl (C=O) groups is 1. The topological polar surface area (TPSA) is 44.4 Å². The van der Waals surface area contributed by atoms with Crippen molar-refractivity contribution in [1.29, 1.82) is 0 Å². The first-order valence-electron chi connectivity index (χ1n) is 8.98. The Labute approximate surface area is 140 Å². The van der Waals surface area contributed by atoms with Gasteiger partial charge in [0.2, 0.25) is 5.91 Å². The van der Waals surface area contributed by atoms with Crippen molar-refractivity contribution in [2.45, 2.75) is 51.6 Å². The second-order valence-electron chi connectivity index (χ2n) is 6.55. The van der Waals surface area contributed by atoms with Crippen molar-refractivity contribution in [3.05, 3.63) is 35.9 Å². The lowest BCUT2D eigenvalue weighted by molar-refractivity contribution is -0.119. The molecule has 0 unspecified atom stereocenters. The summed E-state index contributed by atoms with van der Waals surface area (Å²) in [5, 5.41) is 6.14. The van der Waals surface area contributed by atoms with Gasteiger partial charge in [0, 0.05) is 19.5 Å². The van der Waals surface area contributed by atoms with Crippen molar-refractivity contribution >= 4 is 5.91 Å². The molecule has 0 spiro atoms. The lowest BCUT2D eigenvalue weighted by atomic mass is 10.1. The van der Waals surface area contributed by atoms with E-state index in [2.05, 4.69) is 45.9 Å². The Balaban J connectivity index is 0.000000174. The van der Waals surface area contributed by atoms with Gasteiger partial charge in [0.05, 0.1) is 0 Å². The molecule has 2 saturated heterocycles. The summed E-state index contributed by atoms with van der Waals surface area (Å²) >= 11 is 0. The molecule has 0 aromatic heterocycles. The van der Waals surface area contributed by atoms with Crippen LogP contribution in [-0.4, -0.2) is 43.0 Å². The van der Waals surface area contributed by atoms with Crippen molar-refractivity contribution in [3.63, 3.8) is 0 Å². The summed E-state index contributed by atoms with van der Waals surface area (Å²) in [6.45, 7) is 7.35. The molecule has 23 heavy (non-hydrogen) atoms. The summed E-state index contributed by atoms with van der Waals surface area (Å²) in [4.78, 5) is 13.1. The van der Waals surface area contributed by atoms with Crippen LogP contribution in [-0.2, 0) is 11.3 Å². The molecule has 0 radical (unpaired) electrons. The first kappa shape index (κ1) is 18.0. The summed E-state index contributed by atoms with van der Waals surface area (Å²) in [6, 6.07) is 11.2. The fourth-order valence-electron chi connectivity index (χ4n) is 3.21. The van der Waals surface area contributed by atoms with Gasteiger partial charge < -0.3 is 10.6 Å². The molecule has 4 nitrogen and oxygen atoms in total. The highest BCUT2D eigenvalue weighted by atomic mass is 16.1. The molecule has 1 amide bonds. The molecule has 2 aliphatic rings. The van der Waals surface area contributed by atoms with Crippen LogP contribution in [0.5, 0.6) is 0 Å². The van der Waals surface area contributed by atoms with Gasteiger partial charge in [-0.25, -0.2) is 0 Å². The largest absolute Gasteiger partial charge is 0.354 e. The maximum atomic E-state index is 10.6. The number of carbonyl (C=O) groups excluding carboxylic acids is 1. The van der Waals surface area contributed by atoms with Crippen LogP contribution in [0.15, 0.2) is 30.3 Å². The van der Waals surface area contributed by atoms with Crippen molar-refractivity contribution in [2.24, 2.45) is 0 Å². The van der Waals surface area contributed by atoms with Gasteiger partial charge in [-0.05, 0) is 57.4 Å². The summed E-state index contributed by atoms with van der Waals surface area (Å²) in [6.07, 6.45) is 6.32. The van der Waals surface area contributed by atoms with Crippen LogP contribution in [0.25, 0.3) is 0 Å². The van der Waals surface area contributed by atoms with E-state index in [1.54, 1.807) is 6.92 Å². The Morgan fingerprint density at radius 2 is 1.78 bits per heavy atom. The molecule has 4 heteroatoms. The fourth-order valence-corrected chi connectivity index (χ4v) is 3.21. The Morgan fingerprint density at radius 1 is 1.13 bits per heavy atom. The third-order valence-electron chi connectivity index (χ3n) is 4.44. The Kier molecular flexibility index (Phi) is 8.12. The third kappa shape index (κ3) is 7.62. The van der Waals surface area contributed by atoms with E-state index in [0.29, 0.717) is 6.04 Å². The maximum absolute atomic E-state index is 10.6. The number of amides is 1. The van der Waals surface area contributed by atoms with Crippen LogP contribution in [0.4, 0.5) is 0 Å². The van der Waals surface area contributed by atoms with E-state index in [-0.39, 0.29) is 5.91 Å². The predicted octanol–water partition coefficient (Wildman–Crippen LogP) is 2.55. The Morgan fingerprint density at radius 3 is 2.39 bits per heavy atom. The molecular formula is C19H31N3O. The first-order valence-corrected chi connectivity index (χ1v) is 8.98. The van der Waals surface area contributed by atoms with Crippen LogP contribution in [0.1, 0.15) is 44.6 Å². The van der Waals surface area contributed by atoms with E-state index in [9.17, 15) is 4.79 Å². The summed E-state index contributed by atoms with van der Waals surface area (Å²) in [5.74, 6) is 0.0897. The number of benzene rings is 1. The predicted molar refractivity (Wildman–Crippen MR) is 95.3 cm³/mol. The van der Waals surface area contributed by atoms with Crippen molar-refractivity contribution < 1.29 is 4.79 Å². The summed E-state index contributed by atoms with van der Waals surface area (Å²) in [7, 11) is 0. The van der Waals surface area contributed by atoms with Gasteiger partial charge >= 0.3 is 0 Å². The molecule has 2 aliphatic heterocycles. The summed E-state index contributed by atoms with van der Waals surface area (Å²) in [5.41, 5.74) is 1.45. The second kappa shape index (κ2) is 10.4. The molecule has 1 aromatic rings. The number of likely N-dealkylation sites (tertiary alicyclic amines) is 1. The van der Waals surface area contributed by atoms with Crippen molar-refractivity contribution in [3.8, 4) is 0 Å². The number of hydrogen-bond acceptors (Lipinski definition) is 3. The number of rotatable bonds is 3. The SMILES string of the molecule is CC(=O)NC1CCNCC1.c1ccc(CN2CCCCC2)cc1. The van der Waals surface area contributed by atoms with E-state index in [1.807, 2.05) is 0 Å². The third-order valence-corrected chi connectivity index (χ3v) is 4.44. The van der Waals surface area contributed by atoms with Crippen molar-refractivity contribution in [1.82, 2.24) is 15.5 Å². The first-order chi connectivity index (χ1) is 11.2. The molecule has 0 saturated carbocycles. The van der Waals surface area contributed by atoms with E-state index >= 15 is 0 Å². The quantitative estimate of drug-likeness (QED) is 0.900. The Hall–Kier alpha value is -1.39. The second-order valence-corrected chi connectivity index (χ2v) is 6.55. The van der Waals surface area contributed by atoms with Gasteiger partial charge in [-0.15, -0.1) is 0 Å². The Bertz CT molecular complexity index is 437. The van der Waals surface area contributed by atoms with Crippen LogP contribution in [0.3, 0.4) is 0 Å². The van der Waals surface area contributed by atoms with E-state index in [0.717, 1.165) is 32.5 Å².